The van der Waals surface area contributed by atoms with E-state index in [-0.39, 0.29) is 23.1 Å². The molecule has 1 saturated heterocycles. The van der Waals surface area contributed by atoms with Gasteiger partial charge < -0.3 is 20.6 Å². The van der Waals surface area contributed by atoms with Gasteiger partial charge in [0.25, 0.3) is 0 Å². The molecule has 1 unspecified atom stereocenters. The summed E-state index contributed by atoms with van der Waals surface area (Å²) in [5.41, 5.74) is 6.01. The molecular weight excluding hydrogens is 261 g/mol. The van der Waals surface area contributed by atoms with Gasteiger partial charge in [-0.05, 0) is 32.9 Å². The van der Waals surface area contributed by atoms with Crippen LogP contribution in [0.3, 0.4) is 0 Å². The summed E-state index contributed by atoms with van der Waals surface area (Å²) in [6, 6.07) is 4.68. The number of oxime groups is 1. The lowest BCUT2D eigenvalue weighted by atomic mass is 10.0. The summed E-state index contributed by atoms with van der Waals surface area (Å²) < 4.78 is 19.8. The molecule has 0 amide bonds. The average molecular weight is 281 g/mol. The third-order valence-electron chi connectivity index (χ3n) is 3.27. The molecule has 0 bridgehead atoms. The highest BCUT2D eigenvalue weighted by molar-refractivity contribution is 6.02. The molecule has 110 valence electrons. The Kier molecular flexibility index (Phi) is 3.85. The summed E-state index contributed by atoms with van der Waals surface area (Å²) >= 11 is 0. The number of anilines is 1. The van der Waals surface area contributed by atoms with Crippen LogP contribution in [0, 0.1) is 5.82 Å². The minimum absolute atomic E-state index is 0.0159. The number of morpholine rings is 1. The SMILES string of the molecule is CC1CN(c2cccc(F)c2C(N)=NO)CC(C)(C)O1. The molecule has 0 saturated carbocycles. The summed E-state index contributed by atoms with van der Waals surface area (Å²) in [5, 5.41) is 11.8. The average Bonchev–Trinajstić information content (AvgIpc) is 2.35. The predicted molar refractivity (Wildman–Crippen MR) is 75.7 cm³/mol. The van der Waals surface area contributed by atoms with E-state index in [0.717, 1.165) is 0 Å². The van der Waals surface area contributed by atoms with Crippen LogP contribution in [0.15, 0.2) is 23.4 Å². The van der Waals surface area contributed by atoms with Gasteiger partial charge in [0.2, 0.25) is 0 Å². The van der Waals surface area contributed by atoms with Crippen molar-refractivity contribution in [1.82, 2.24) is 0 Å². The van der Waals surface area contributed by atoms with Crippen LogP contribution in [0.1, 0.15) is 26.3 Å². The second-order valence-corrected chi connectivity index (χ2v) is 5.69. The van der Waals surface area contributed by atoms with E-state index in [0.29, 0.717) is 18.8 Å². The monoisotopic (exact) mass is 281 g/mol. The molecule has 1 heterocycles. The van der Waals surface area contributed by atoms with Crippen LogP contribution < -0.4 is 10.6 Å². The van der Waals surface area contributed by atoms with Gasteiger partial charge in [-0.2, -0.15) is 0 Å². The van der Waals surface area contributed by atoms with Crippen molar-refractivity contribution >= 4 is 11.5 Å². The quantitative estimate of drug-likeness (QED) is 0.376. The van der Waals surface area contributed by atoms with Gasteiger partial charge in [0.05, 0.1) is 23.0 Å². The minimum Gasteiger partial charge on any atom is -0.409 e. The Bertz CT molecular complexity index is 531. The third kappa shape index (κ3) is 2.85. The maximum absolute atomic E-state index is 14.0. The number of rotatable bonds is 2. The van der Waals surface area contributed by atoms with Crippen molar-refractivity contribution in [1.29, 1.82) is 0 Å². The fourth-order valence-electron chi connectivity index (χ4n) is 2.72. The van der Waals surface area contributed by atoms with Crippen molar-refractivity contribution < 1.29 is 14.3 Å². The van der Waals surface area contributed by atoms with E-state index >= 15 is 0 Å². The minimum atomic E-state index is -0.505. The van der Waals surface area contributed by atoms with Crippen LogP contribution in [0.2, 0.25) is 0 Å². The second-order valence-electron chi connectivity index (χ2n) is 5.69. The van der Waals surface area contributed by atoms with Crippen LogP contribution >= 0.6 is 0 Å². The normalized spacial score (nSPS) is 22.9. The number of nitrogens with zero attached hydrogens (tertiary/aromatic N) is 2. The standard InChI is InChI=1S/C14H20FN3O2/c1-9-7-18(8-14(2,3)20-9)11-6-4-5-10(15)12(11)13(16)17-19/h4-6,9,19H,7-8H2,1-3H3,(H2,16,17). The smallest absolute Gasteiger partial charge is 0.175 e. The van der Waals surface area contributed by atoms with Gasteiger partial charge >= 0.3 is 0 Å². The van der Waals surface area contributed by atoms with E-state index in [1.165, 1.54) is 6.07 Å². The first-order valence-corrected chi connectivity index (χ1v) is 6.53. The number of amidine groups is 1. The zero-order valence-electron chi connectivity index (χ0n) is 11.9. The lowest BCUT2D eigenvalue weighted by molar-refractivity contribution is -0.0749. The number of nitrogens with two attached hydrogens (primary N) is 1. The summed E-state index contributed by atoms with van der Waals surface area (Å²) in [6.07, 6.45) is 0.0159. The number of hydrogen-bond acceptors (Lipinski definition) is 4. The highest BCUT2D eigenvalue weighted by Crippen LogP contribution is 2.29. The molecule has 0 aromatic heterocycles. The Morgan fingerprint density at radius 1 is 1.55 bits per heavy atom. The maximum Gasteiger partial charge on any atom is 0.175 e. The topological polar surface area (TPSA) is 71.1 Å². The highest BCUT2D eigenvalue weighted by atomic mass is 19.1. The summed E-state index contributed by atoms with van der Waals surface area (Å²) in [7, 11) is 0. The van der Waals surface area contributed by atoms with Crippen LogP contribution in [-0.4, -0.2) is 35.8 Å². The summed E-state index contributed by atoms with van der Waals surface area (Å²) in [6.45, 7) is 7.16. The number of benzene rings is 1. The molecule has 1 aromatic rings. The molecule has 0 radical (unpaired) electrons. The van der Waals surface area contributed by atoms with Gasteiger partial charge in [0, 0.05) is 13.1 Å². The Morgan fingerprint density at radius 2 is 2.25 bits per heavy atom. The Labute approximate surface area is 117 Å². The Balaban J connectivity index is 2.45. The molecule has 1 aliphatic heterocycles. The second kappa shape index (κ2) is 5.28. The van der Waals surface area contributed by atoms with Crippen LogP contribution in [0.25, 0.3) is 0 Å². The van der Waals surface area contributed by atoms with E-state index < -0.39 is 5.82 Å². The Hall–Kier alpha value is -1.82. The van der Waals surface area contributed by atoms with Crippen molar-refractivity contribution in [2.45, 2.75) is 32.5 Å². The van der Waals surface area contributed by atoms with Crippen molar-refractivity contribution in [2.75, 3.05) is 18.0 Å². The first kappa shape index (κ1) is 14.6. The molecule has 1 fully saturated rings. The summed E-state index contributed by atoms with van der Waals surface area (Å²) in [5.74, 6) is -0.732. The van der Waals surface area contributed by atoms with E-state index in [1.807, 2.05) is 25.7 Å². The van der Waals surface area contributed by atoms with Gasteiger partial charge in [0.15, 0.2) is 5.84 Å². The molecular formula is C14H20FN3O2. The van der Waals surface area contributed by atoms with Gasteiger partial charge in [-0.15, -0.1) is 0 Å². The van der Waals surface area contributed by atoms with Crippen molar-refractivity contribution in [3.05, 3.63) is 29.6 Å². The van der Waals surface area contributed by atoms with Gasteiger partial charge in [-0.3, -0.25) is 0 Å². The van der Waals surface area contributed by atoms with Gasteiger partial charge in [0.1, 0.15) is 5.82 Å². The van der Waals surface area contributed by atoms with Gasteiger partial charge in [-0.1, -0.05) is 11.2 Å². The number of ether oxygens (including phenoxy) is 1. The van der Waals surface area contributed by atoms with Crippen molar-refractivity contribution in [2.24, 2.45) is 10.9 Å². The Morgan fingerprint density at radius 3 is 2.85 bits per heavy atom. The van der Waals surface area contributed by atoms with E-state index in [9.17, 15) is 4.39 Å². The predicted octanol–water partition coefficient (Wildman–Crippen LogP) is 1.92. The molecule has 2 rings (SSSR count). The fourth-order valence-corrected chi connectivity index (χ4v) is 2.72. The largest absolute Gasteiger partial charge is 0.409 e. The molecule has 0 spiro atoms. The highest BCUT2D eigenvalue weighted by Gasteiger charge is 2.33. The molecule has 1 aliphatic rings. The molecule has 5 nitrogen and oxygen atoms in total. The van der Waals surface area contributed by atoms with E-state index in [2.05, 4.69) is 5.16 Å². The first-order chi connectivity index (χ1) is 9.34. The molecule has 6 heteroatoms. The third-order valence-corrected chi connectivity index (χ3v) is 3.27. The maximum atomic E-state index is 14.0. The number of hydrogen-bond donors (Lipinski definition) is 2. The molecule has 3 N–H and O–H groups in total. The van der Waals surface area contributed by atoms with Crippen molar-refractivity contribution in [3.8, 4) is 0 Å². The fraction of sp³-hybridized carbons (Fsp3) is 0.500. The van der Waals surface area contributed by atoms with Crippen molar-refractivity contribution in [3.63, 3.8) is 0 Å². The first-order valence-electron chi connectivity index (χ1n) is 6.53. The lowest BCUT2D eigenvalue weighted by Gasteiger charge is -2.43. The molecule has 1 aromatic carbocycles. The zero-order valence-corrected chi connectivity index (χ0v) is 11.9. The molecule has 1 atom stereocenters. The van der Waals surface area contributed by atoms with Gasteiger partial charge in [-0.25, -0.2) is 4.39 Å². The van der Waals surface area contributed by atoms with Crippen LogP contribution in [-0.2, 0) is 4.74 Å². The molecule has 20 heavy (non-hydrogen) atoms. The van der Waals surface area contributed by atoms with Crippen LogP contribution in [0.4, 0.5) is 10.1 Å². The lowest BCUT2D eigenvalue weighted by Crippen LogP contribution is -2.52. The van der Waals surface area contributed by atoms with E-state index in [4.69, 9.17) is 15.7 Å². The zero-order chi connectivity index (χ0) is 14.9. The van der Waals surface area contributed by atoms with E-state index in [1.54, 1.807) is 12.1 Å². The summed E-state index contributed by atoms with van der Waals surface area (Å²) in [4.78, 5) is 2.00. The van der Waals surface area contributed by atoms with Crippen LogP contribution in [0.5, 0.6) is 0 Å². The number of halogens is 1. The molecule has 0 aliphatic carbocycles.